The number of ether oxygens (including phenoxy) is 1. The van der Waals surface area contributed by atoms with Gasteiger partial charge >= 0.3 is 5.97 Å². The van der Waals surface area contributed by atoms with Gasteiger partial charge in [0.25, 0.3) is 0 Å². The van der Waals surface area contributed by atoms with E-state index >= 15 is 0 Å². The smallest absolute Gasteiger partial charge is 0.309 e. The van der Waals surface area contributed by atoms with E-state index in [1.807, 2.05) is 0 Å². The lowest BCUT2D eigenvalue weighted by Crippen LogP contribution is -2.44. The van der Waals surface area contributed by atoms with E-state index in [2.05, 4.69) is 20.8 Å². The third kappa shape index (κ3) is 1.97. The number of carbonyl (C=O) groups excluding carboxylic acids is 1. The minimum Gasteiger partial charge on any atom is -0.456 e. The van der Waals surface area contributed by atoms with E-state index in [1.54, 1.807) is 0 Å². The van der Waals surface area contributed by atoms with Gasteiger partial charge in [-0.05, 0) is 37.0 Å². The average Bonchev–Trinajstić information content (AvgIpc) is 2.41. The lowest BCUT2D eigenvalue weighted by atomic mass is 9.67. The SMILES string of the molecule is CC(C)(C)C1CCC2(CC1)OC(=O)CC2O. The summed E-state index contributed by atoms with van der Waals surface area (Å²) in [6.07, 6.45) is 3.34. The van der Waals surface area contributed by atoms with E-state index in [9.17, 15) is 9.90 Å². The van der Waals surface area contributed by atoms with Crippen molar-refractivity contribution in [2.45, 2.75) is 64.6 Å². The molecular formula is C13H22O3. The normalized spacial score (nSPS) is 40.1. The fourth-order valence-electron chi connectivity index (χ4n) is 3.09. The second-order valence-electron chi connectivity index (χ2n) is 6.40. The maximum atomic E-state index is 11.2. The number of hydrogen-bond donors (Lipinski definition) is 1. The lowest BCUT2D eigenvalue weighted by molar-refractivity contribution is -0.156. The molecule has 3 heteroatoms. The Kier molecular flexibility index (Phi) is 2.77. The third-order valence-corrected chi connectivity index (χ3v) is 4.34. The van der Waals surface area contributed by atoms with Gasteiger partial charge in [-0.25, -0.2) is 0 Å². The summed E-state index contributed by atoms with van der Waals surface area (Å²) in [6.45, 7) is 6.77. The summed E-state index contributed by atoms with van der Waals surface area (Å²) in [5.74, 6) is 0.436. The van der Waals surface area contributed by atoms with Crippen LogP contribution in [-0.2, 0) is 9.53 Å². The Bertz CT molecular complexity index is 282. The first-order valence-corrected chi connectivity index (χ1v) is 6.23. The predicted molar refractivity (Wildman–Crippen MR) is 60.9 cm³/mol. The fraction of sp³-hybridized carbons (Fsp3) is 0.923. The Morgan fingerprint density at radius 1 is 1.31 bits per heavy atom. The number of carbonyl (C=O) groups is 1. The van der Waals surface area contributed by atoms with E-state index in [1.165, 1.54) is 0 Å². The Balaban J connectivity index is 2.02. The largest absolute Gasteiger partial charge is 0.456 e. The van der Waals surface area contributed by atoms with Crippen LogP contribution in [0.2, 0.25) is 0 Å². The molecule has 2 rings (SSSR count). The maximum Gasteiger partial charge on any atom is 0.309 e. The predicted octanol–water partition coefficient (Wildman–Crippen LogP) is 2.27. The van der Waals surface area contributed by atoms with Crippen molar-refractivity contribution in [3.05, 3.63) is 0 Å². The van der Waals surface area contributed by atoms with Crippen LogP contribution in [0.5, 0.6) is 0 Å². The molecule has 0 aromatic carbocycles. The van der Waals surface area contributed by atoms with Gasteiger partial charge in [-0.3, -0.25) is 4.79 Å². The standard InChI is InChI=1S/C13H22O3/c1-12(2,3)9-4-6-13(7-5-9)10(14)8-11(15)16-13/h9-10,14H,4-8H2,1-3H3. The minimum absolute atomic E-state index is 0.181. The first-order valence-electron chi connectivity index (χ1n) is 6.23. The first kappa shape index (κ1) is 11.9. The van der Waals surface area contributed by atoms with Crippen LogP contribution in [0.4, 0.5) is 0 Å². The van der Waals surface area contributed by atoms with Gasteiger partial charge in [0.15, 0.2) is 0 Å². The molecule has 1 aliphatic carbocycles. The summed E-state index contributed by atoms with van der Waals surface area (Å²) in [5, 5.41) is 9.92. The zero-order valence-corrected chi connectivity index (χ0v) is 10.5. The van der Waals surface area contributed by atoms with Gasteiger partial charge in [0, 0.05) is 0 Å². The second kappa shape index (κ2) is 3.73. The van der Waals surface area contributed by atoms with Crippen molar-refractivity contribution in [2.24, 2.45) is 11.3 Å². The van der Waals surface area contributed by atoms with Gasteiger partial charge in [-0.2, -0.15) is 0 Å². The molecule has 0 bridgehead atoms. The van der Waals surface area contributed by atoms with E-state index in [0.717, 1.165) is 25.7 Å². The molecule has 1 atom stereocenters. The fourth-order valence-corrected chi connectivity index (χ4v) is 3.09. The average molecular weight is 226 g/mol. The first-order chi connectivity index (χ1) is 7.33. The Hall–Kier alpha value is -0.570. The zero-order valence-electron chi connectivity index (χ0n) is 10.5. The summed E-state index contributed by atoms with van der Waals surface area (Å²) in [6, 6.07) is 0. The van der Waals surface area contributed by atoms with Crippen LogP contribution in [0.3, 0.4) is 0 Å². The molecule has 0 aromatic rings. The lowest BCUT2D eigenvalue weighted by Gasteiger charge is -2.42. The molecule has 3 nitrogen and oxygen atoms in total. The van der Waals surface area contributed by atoms with Crippen LogP contribution in [0.15, 0.2) is 0 Å². The zero-order chi connectivity index (χ0) is 12.0. The van der Waals surface area contributed by atoms with Crippen LogP contribution >= 0.6 is 0 Å². The summed E-state index contributed by atoms with van der Waals surface area (Å²) >= 11 is 0. The van der Waals surface area contributed by atoms with Gasteiger partial charge in [0.05, 0.1) is 6.42 Å². The van der Waals surface area contributed by atoms with E-state index in [4.69, 9.17) is 4.74 Å². The van der Waals surface area contributed by atoms with Gasteiger partial charge in [-0.15, -0.1) is 0 Å². The third-order valence-electron chi connectivity index (χ3n) is 4.34. The monoisotopic (exact) mass is 226 g/mol. The molecule has 1 unspecified atom stereocenters. The van der Waals surface area contributed by atoms with Crippen molar-refractivity contribution in [1.82, 2.24) is 0 Å². The highest BCUT2D eigenvalue weighted by Crippen LogP contribution is 2.46. The van der Waals surface area contributed by atoms with Crippen molar-refractivity contribution in [2.75, 3.05) is 0 Å². The molecule has 16 heavy (non-hydrogen) atoms. The van der Waals surface area contributed by atoms with Crippen molar-refractivity contribution < 1.29 is 14.6 Å². The number of esters is 1. The number of rotatable bonds is 0. The molecule has 2 fully saturated rings. The minimum atomic E-state index is -0.582. The Morgan fingerprint density at radius 3 is 2.25 bits per heavy atom. The molecule has 1 heterocycles. The molecule has 1 saturated carbocycles. The molecule has 0 radical (unpaired) electrons. The maximum absolute atomic E-state index is 11.2. The molecule has 1 spiro atoms. The van der Waals surface area contributed by atoms with Crippen LogP contribution in [0.1, 0.15) is 52.9 Å². The van der Waals surface area contributed by atoms with Gasteiger partial charge in [0.2, 0.25) is 0 Å². The van der Waals surface area contributed by atoms with Crippen molar-refractivity contribution in [3.63, 3.8) is 0 Å². The second-order valence-corrected chi connectivity index (χ2v) is 6.40. The molecule has 1 aliphatic heterocycles. The van der Waals surface area contributed by atoms with Gasteiger partial charge in [-0.1, -0.05) is 20.8 Å². The molecule has 92 valence electrons. The van der Waals surface area contributed by atoms with Crippen molar-refractivity contribution in [3.8, 4) is 0 Å². The van der Waals surface area contributed by atoms with E-state index < -0.39 is 11.7 Å². The quantitative estimate of drug-likeness (QED) is 0.644. The summed E-state index contributed by atoms with van der Waals surface area (Å²) in [4.78, 5) is 11.2. The molecule has 0 aromatic heterocycles. The number of aliphatic hydroxyl groups excluding tert-OH is 1. The van der Waals surface area contributed by atoms with Crippen molar-refractivity contribution >= 4 is 5.97 Å². The highest BCUT2D eigenvalue weighted by Gasteiger charge is 2.51. The van der Waals surface area contributed by atoms with Gasteiger partial charge in [0.1, 0.15) is 11.7 Å². The molecule has 0 amide bonds. The Labute approximate surface area is 97.2 Å². The summed E-state index contributed by atoms with van der Waals surface area (Å²) in [5.41, 5.74) is -0.228. The van der Waals surface area contributed by atoms with Crippen LogP contribution in [0, 0.1) is 11.3 Å². The highest BCUT2D eigenvalue weighted by atomic mass is 16.6. The van der Waals surface area contributed by atoms with Crippen LogP contribution < -0.4 is 0 Å². The van der Waals surface area contributed by atoms with E-state index in [0.29, 0.717) is 11.3 Å². The topological polar surface area (TPSA) is 46.5 Å². The number of hydrogen-bond acceptors (Lipinski definition) is 3. The van der Waals surface area contributed by atoms with E-state index in [-0.39, 0.29) is 12.4 Å². The molecular weight excluding hydrogens is 204 g/mol. The van der Waals surface area contributed by atoms with Crippen LogP contribution in [0.25, 0.3) is 0 Å². The van der Waals surface area contributed by atoms with Crippen molar-refractivity contribution in [1.29, 1.82) is 0 Å². The van der Waals surface area contributed by atoms with Gasteiger partial charge < -0.3 is 9.84 Å². The molecule has 1 N–H and O–H groups in total. The summed E-state index contributed by atoms with van der Waals surface area (Å²) in [7, 11) is 0. The molecule has 2 aliphatic rings. The number of aliphatic hydroxyl groups is 1. The molecule has 1 saturated heterocycles. The van der Waals surface area contributed by atoms with Crippen LogP contribution in [-0.4, -0.2) is 22.8 Å². The Morgan fingerprint density at radius 2 is 1.88 bits per heavy atom. The summed E-state index contributed by atoms with van der Waals surface area (Å²) < 4.78 is 5.37. The highest BCUT2D eigenvalue weighted by molar-refractivity contribution is 5.73.